The molecule has 0 aromatic heterocycles. The van der Waals surface area contributed by atoms with Crippen LogP contribution in [0.4, 0.5) is 11.4 Å². The number of carbonyl (C=O) groups is 1. The number of halogens is 2. The van der Waals surface area contributed by atoms with Gasteiger partial charge in [-0.05, 0) is 18.2 Å². The molecule has 1 heterocycles. The quantitative estimate of drug-likeness (QED) is 0.645. The van der Waals surface area contributed by atoms with Crippen molar-refractivity contribution in [1.82, 2.24) is 0 Å². The van der Waals surface area contributed by atoms with Crippen LogP contribution in [0.3, 0.4) is 0 Å². The normalized spacial score (nSPS) is 13.5. The fraction of sp³-hybridized carbons (Fsp3) is 0.273. The van der Waals surface area contributed by atoms with Crippen molar-refractivity contribution in [1.29, 1.82) is 5.41 Å². The van der Waals surface area contributed by atoms with E-state index in [1.54, 1.807) is 18.2 Å². The van der Waals surface area contributed by atoms with Crippen LogP contribution in [0.2, 0.25) is 0 Å². The molecule has 8 heteroatoms. The summed E-state index contributed by atoms with van der Waals surface area (Å²) in [6.07, 6.45) is 0. The van der Waals surface area contributed by atoms with Crippen molar-refractivity contribution in [3.05, 3.63) is 23.8 Å². The SMILES string of the molecule is COC(=O)c1ccc(N2CCSC2=N)c(N)c1.Cl.Cl. The minimum atomic E-state index is -0.408. The summed E-state index contributed by atoms with van der Waals surface area (Å²) in [6.45, 7) is 0.769. The van der Waals surface area contributed by atoms with Gasteiger partial charge in [0.25, 0.3) is 0 Å². The van der Waals surface area contributed by atoms with Crippen molar-refractivity contribution in [3.8, 4) is 0 Å². The Labute approximate surface area is 128 Å². The molecule has 0 radical (unpaired) electrons. The van der Waals surface area contributed by atoms with E-state index in [2.05, 4.69) is 4.74 Å². The standard InChI is InChI=1S/C11H13N3O2S.2ClH/c1-16-10(15)7-2-3-9(8(12)6-7)14-4-5-17-11(14)13;;/h2-3,6,13H,4-5,12H2,1H3;2*1H. The van der Waals surface area contributed by atoms with Gasteiger partial charge < -0.3 is 15.4 Å². The molecule has 1 aliphatic rings. The van der Waals surface area contributed by atoms with Crippen molar-refractivity contribution in [3.63, 3.8) is 0 Å². The number of hydrogen-bond acceptors (Lipinski definition) is 5. The molecule has 0 saturated carbocycles. The molecular weight excluding hydrogens is 309 g/mol. The van der Waals surface area contributed by atoms with Gasteiger partial charge in [0.2, 0.25) is 0 Å². The van der Waals surface area contributed by atoms with Crippen molar-refractivity contribution < 1.29 is 9.53 Å². The zero-order valence-electron chi connectivity index (χ0n) is 10.2. The van der Waals surface area contributed by atoms with E-state index in [-0.39, 0.29) is 24.8 Å². The predicted octanol–water partition coefficient (Wildman–Crippen LogP) is 2.39. The number of nitrogens with one attached hydrogen (secondary N) is 1. The van der Waals surface area contributed by atoms with Gasteiger partial charge in [0.1, 0.15) is 0 Å². The van der Waals surface area contributed by atoms with E-state index < -0.39 is 5.97 Å². The molecule has 0 spiro atoms. The molecule has 0 amide bonds. The lowest BCUT2D eigenvalue weighted by Crippen LogP contribution is -2.24. The molecule has 0 unspecified atom stereocenters. The van der Waals surface area contributed by atoms with Crippen LogP contribution in [-0.2, 0) is 4.74 Å². The first-order chi connectivity index (χ1) is 8.13. The summed E-state index contributed by atoms with van der Waals surface area (Å²) < 4.78 is 4.62. The smallest absolute Gasteiger partial charge is 0.337 e. The lowest BCUT2D eigenvalue weighted by atomic mass is 10.1. The molecule has 106 valence electrons. The first kappa shape index (κ1) is 17.9. The Morgan fingerprint density at radius 3 is 2.63 bits per heavy atom. The molecule has 3 N–H and O–H groups in total. The Morgan fingerprint density at radius 1 is 1.47 bits per heavy atom. The van der Waals surface area contributed by atoms with Gasteiger partial charge in [-0.1, -0.05) is 11.8 Å². The second-order valence-electron chi connectivity index (χ2n) is 3.57. The molecule has 0 bridgehead atoms. The van der Waals surface area contributed by atoms with Crippen molar-refractivity contribution in [2.24, 2.45) is 0 Å². The minimum absolute atomic E-state index is 0. The van der Waals surface area contributed by atoms with Gasteiger partial charge in [-0.25, -0.2) is 4.79 Å². The number of hydrogen-bond donors (Lipinski definition) is 2. The van der Waals surface area contributed by atoms with E-state index in [1.807, 2.05) is 4.90 Å². The van der Waals surface area contributed by atoms with E-state index in [4.69, 9.17) is 11.1 Å². The summed E-state index contributed by atoms with van der Waals surface area (Å²) in [6, 6.07) is 4.99. The number of esters is 1. The first-order valence-electron chi connectivity index (χ1n) is 5.10. The average molecular weight is 324 g/mol. The van der Waals surface area contributed by atoms with Gasteiger partial charge in [0.15, 0.2) is 5.17 Å². The van der Waals surface area contributed by atoms with Crippen molar-refractivity contribution >= 4 is 59.1 Å². The van der Waals surface area contributed by atoms with Crippen LogP contribution in [0, 0.1) is 5.41 Å². The van der Waals surface area contributed by atoms with Crippen LogP contribution in [-0.4, -0.2) is 30.5 Å². The maximum atomic E-state index is 11.3. The highest BCUT2D eigenvalue weighted by Crippen LogP contribution is 2.30. The minimum Gasteiger partial charge on any atom is -0.465 e. The molecule has 1 saturated heterocycles. The number of nitrogens with zero attached hydrogens (tertiary/aromatic N) is 1. The number of ether oxygens (including phenoxy) is 1. The average Bonchev–Trinajstić information content (AvgIpc) is 2.74. The molecular formula is C11H15Cl2N3O2S. The maximum absolute atomic E-state index is 11.3. The zero-order chi connectivity index (χ0) is 12.4. The molecule has 2 rings (SSSR count). The number of carbonyl (C=O) groups excluding carboxylic acids is 1. The number of nitrogens with two attached hydrogens (primary N) is 1. The van der Waals surface area contributed by atoms with Gasteiger partial charge in [0, 0.05) is 12.3 Å². The van der Waals surface area contributed by atoms with E-state index in [0.717, 1.165) is 18.0 Å². The Kier molecular flexibility index (Phi) is 7.04. The predicted molar refractivity (Wildman–Crippen MR) is 84.2 cm³/mol. The van der Waals surface area contributed by atoms with Gasteiger partial charge >= 0.3 is 5.97 Å². The van der Waals surface area contributed by atoms with Crippen molar-refractivity contribution in [2.45, 2.75) is 0 Å². The Morgan fingerprint density at radius 2 is 2.16 bits per heavy atom. The molecule has 1 aliphatic heterocycles. The summed E-state index contributed by atoms with van der Waals surface area (Å²) in [5.41, 5.74) is 7.58. The van der Waals surface area contributed by atoms with E-state index >= 15 is 0 Å². The highest BCUT2D eigenvalue weighted by molar-refractivity contribution is 8.14. The van der Waals surface area contributed by atoms with Crippen LogP contribution in [0.5, 0.6) is 0 Å². The monoisotopic (exact) mass is 323 g/mol. The highest BCUT2D eigenvalue weighted by Gasteiger charge is 2.21. The van der Waals surface area contributed by atoms with Gasteiger partial charge in [-0.15, -0.1) is 24.8 Å². The maximum Gasteiger partial charge on any atom is 0.337 e. The lowest BCUT2D eigenvalue weighted by molar-refractivity contribution is 0.0601. The number of thioether (sulfide) groups is 1. The summed E-state index contributed by atoms with van der Waals surface area (Å²) in [5.74, 6) is 0.478. The fourth-order valence-electron chi connectivity index (χ4n) is 1.69. The number of methoxy groups -OCH3 is 1. The van der Waals surface area contributed by atoms with Gasteiger partial charge in [-0.3, -0.25) is 5.41 Å². The van der Waals surface area contributed by atoms with Gasteiger partial charge in [-0.2, -0.15) is 0 Å². The third-order valence-corrected chi connectivity index (χ3v) is 3.42. The summed E-state index contributed by atoms with van der Waals surface area (Å²) in [5, 5.41) is 8.24. The van der Waals surface area contributed by atoms with E-state index in [9.17, 15) is 4.79 Å². The number of rotatable bonds is 2. The number of nitrogen functional groups attached to an aromatic ring is 1. The molecule has 1 aromatic carbocycles. The number of amidine groups is 1. The van der Waals surface area contributed by atoms with Crippen LogP contribution >= 0.6 is 36.6 Å². The van der Waals surface area contributed by atoms with Crippen molar-refractivity contribution in [2.75, 3.05) is 30.0 Å². The zero-order valence-corrected chi connectivity index (χ0v) is 12.7. The summed E-state index contributed by atoms with van der Waals surface area (Å²) in [7, 11) is 1.33. The number of anilines is 2. The van der Waals surface area contributed by atoms with Crippen LogP contribution in [0.15, 0.2) is 18.2 Å². The van der Waals surface area contributed by atoms with Crippen LogP contribution in [0.1, 0.15) is 10.4 Å². The molecule has 19 heavy (non-hydrogen) atoms. The summed E-state index contributed by atoms with van der Waals surface area (Å²) >= 11 is 1.49. The number of benzene rings is 1. The molecule has 1 fully saturated rings. The summed E-state index contributed by atoms with van der Waals surface area (Å²) in [4.78, 5) is 13.2. The topological polar surface area (TPSA) is 79.4 Å². The second-order valence-corrected chi connectivity index (χ2v) is 4.65. The van der Waals surface area contributed by atoms with Crippen LogP contribution in [0.25, 0.3) is 0 Å². The fourth-order valence-corrected chi connectivity index (χ4v) is 2.50. The molecule has 0 aliphatic carbocycles. The first-order valence-corrected chi connectivity index (χ1v) is 6.09. The van der Waals surface area contributed by atoms with Gasteiger partial charge in [0.05, 0.1) is 24.0 Å². The van der Waals surface area contributed by atoms with E-state index in [1.165, 1.54) is 18.9 Å². The Bertz CT molecular complexity index is 485. The molecule has 1 aromatic rings. The van der Waals surface area contributed by atoms with Crippen LogP contribution < -0.4 is 10.6 Å². The lowest BCUT2D eigenvalue weighted by Gasteiger charge is -2.19. The third-order valence-electron chi connectivity index (χ3n) is 2.54. The largest absolute Gasteiger partial charge is 0.465 e. The molecule has 0 atom stereocenters. The van der Waals surface area contributed by atoms with E-state index in [0.29, 0.717) is 16.4 Å². The highest BCUT2D eigenvalue weighted by atomic mass is 35.5. The molecule has 5 nitrogen and oxygen atoms in total. The Balaban J connectivity index is 0.00000162. The Hall–Kier alpha value is -1.11. The third kappa shape index (κ3) is 3.68. The second kappa shape index (κ2) is 7.47.